The number of hydrogen-bond acceptors (Lipinski definition) is 5. The summed E-state index contributed by atoms with van der Waals surface area (Å²) >= 11 is 0. The first-order valence-corrected chi connectivity index (χ1v) is 14.5. The molecule has 2 saturated heterocycles. The van der Waals surface area contributed by atoms with Crippen LogP contribution in [0.15, 0.2) is 11.6 Å². The Morgan fingerprint density at radius 3 is 2.32 bits per heavy atom. The Morgan fingerprint density at radius 1 is 0.853 bits per heavy atom. The molecule has 0 spiro atoms. The normalized spacial score (nSPS) is 49.0. The largest absolute Gasteiger partial charge is 0.395 e. The average molecular weight is 475 g/mol. The third-order valence-corrected chi connectivity index (χ3v) is 10.9. The molecule has 192 valence electrons. The molecule has 1 N–H and O–H groups in total. The van der Waals surface area contributed by atoms with E-state index < -0.39 is 0 Å². The van der Waals surface area contributed by atoms with E-state index in [2.05, 4.69) is 13.0 Å². The van der Waals surface area contributed by atoms with Gasteiger partial charge < -0.3 is 24.1 Å². The smallest absolute Gasteiger partial charge is 0.158 e. The quantitative estimate of drug-likeness (QED) is 0.515. The third-order valence-electron chi connectivity index (χ3n) is 10.9. The van der Waals surface area contributed by atoms with E-state index in [9.17, 15) is 5.11 Å². The SMILES string of the molecule is C[C@]12CC[C@H]3[C@@H](CCC4=C[C@@H](OC5CCCCO5)CC[C@@]43CO)[C@@H]1CC[C@@H]2OC1CCCCO1. The van der Waals surface area contributed by atoms with E-state index in [0.717, 1.165) is 57.7 Å². The Balaban J connectivity index is 1.17. The molecule has 9 atom stereocenters. The Labute approximate surface area is 205 Å². The summed E-state index contributed by atoms with van der Waals surface area (Å²) in [4.78, 5) is 0. The van der Waals surface area contributed by atoms with Gasteiger partial charge in [-0.2, -0.15) is 0 Å². The van der Waals surface area contributed by atoms with Crippen LogP contribution in [0.1, 0.15) is 96.8 Å². The van der Waals surface area contributed by atoms with Crippen molar-refractivity contribution in [3.8, 4) is 0 Å². The maximum atomic E-state index is 10.8. The number of rotatable bonds is 5. The molecule has 0 aromatic rings. The standard InChI is InChI=1S/C29H46O5/c1-28-14-13-24-22(23(28)10-11-25(28)34-27-7-3-5-17-32-27)9-8-20-18-21(12-15-29(20,24)19-30)33-26-6-2-4-16-31-26/h18,21-27,30H,2-17,19H2,1H3/t21-,22-,23-,24-,25-,26?,27?,28-,29+/m0/s1. The van der Waals surface area contributed by atoms with Gasteiger partial charge in [-0.1, -0.05) is 18.6 Å². The molecule has 2 aliphatic heterocycles. The summed E-state index contributed by atoms with van der Waals surface area (Å²) in [6.45, 7) is 4.50. The minimum atomic E-state index is -0.0347. The van der Waals surface area contributed by atoms with Gasteiger partial charge in [0, 0.05) is 18.6 Å². The summed E-state index contributed by atoms with van der Waals surface area (Å²) in [5.41, 5.74) is 1.73. The summed E-state index contributed by atoms with van der Waals surface area (Å²) in [6.07, 6.45) is 19.1. The Morgan fingerprint density at radius 2 is 1.62 bits per heavy atom. The van der Waals surface area contributed by atoms with Crippen LogP contribution in [0, 0.1) is 28.6 Å². The molecule has 6 aliphatic rings. The fourth-order valence-corrected chi connectivity index (χ4v) is 9.08. The molecule has 2 unspecified atom stereocenters. The second-order valence-electron chi connectivity index (χ2n) is 12.5. The minimum Gasteiger partial charge on any atom is -0.395 e. The molecule has 3 saturated carbocycles. The number of aliphatic hydroxyl groups excluding tert-OH is 1. The summed E-state index contributed by atoms with van der Waals surface area (Å²) in [5, 5.41) is 10.8. The van der Waals surface area contributed by atoms with Crippen molar-refractivity contribution in [1.82, 2.24) is 0 Å². The van der Waals surface area contributed by atoms with Gasteiger partial charge in [0.05, 0.1) is 18.8 Å². The van der Waals surface area contributed by atoms with Crippen molar-refractivity contribution < 1.29 is 24.1 Å². The fraction of sp³-hybridized carbons (Fsp3) is 0.931. The van der Waals surface area contributed by atoms with Gasteiger partial charge in [-0.3, -0.25) is 0 Å². The van der Waals surface area contributed by atoms with Crippen molar-refractivity contribution in [2.24, 2.45) is 28.6 Å². The van der Waals surface area contributed by atoms with Gasteiger partial charge in [0.2, 0.25) is 0 Å². The zero-order chi connectivity index (χ0) is 23.2. The molecule has 4 aliphatic carbocycles. The number of aliphatic hydroxyl groups is 1. The van der Waals surface area contributed by atoms with Gasteiger partial charge in [0.1, 0.15) is 0 Å². The van der Waals surface area contributed by atoms with Crippen molar-refractivity contribution in [3.63, 3.8) is 0 Å². The first-order valence-electron chi connectivity index (χ1n) is 14.5. The molecule has 6 rings (SSSR count). The van der Waals surface area contributed by atoms with Crippen molar-refractivity contribution in [2.75, 3.05) is 19.8 Å². The minimum absolute atomic E-state index is 0.0140. The molecule has 0 amide bonds. The lowest BCUT2D eigenvalue weighted by atomic mass is 9.47. The Hall–Kier alpha value is -0.460. The summed E-state index contributed by atoms with van der Waals surface area (Å²) < 4.78 is 24.8. The van der Waals surface area contributed by atoms with Crippen LogP contribution in [0.4, 0.5) is 0 Å². The first kappa shape index (κ1) is 23.9. The highest BCUT2D eigenvalue weighted by atomic mass is 16.7. The predicted octanol–water partition coefficient (Wildman–Crippen LogP) is 5.75. The van der Waals surface area contributed by atoms with Gasteiger partial charge >= 0.3 is 0 Å². The summed E-state index contributed by atoms with van der Waals surface area (Å²) in [5.74, 6) is 2.03. The molecule has 5 heteroatoms. The van der Waals surface area contributed by atoms with Gasteiger partial charge in [0.25, 0.3) is 0 Å². The highest BCUT2D eigenvalue weighted by Crippen LogP contribution is 2.66. The first-order chi connectivity index (χ1) is 16.6. The number of hydrogen-bond donors (Lipinski definition) is 1. The Kier molecular flexibility index (Phi) is 6.88. The fourth-order valence-electron chi connectivity index (χ4n) is 9.08. The van der Waals surface area contributed by atoms with Crippen LogP contribution in [0.2, 0.25) is 0 Å². The predicted molar refractivity (Wildman–Crippen MR) is 130 cm³/mol. The highest BCUT2D eigenvalue weighted by Gasteiger charge is 2.60. The Bertz CT molecular complexity index is 741. The lowest BCUT2D eigenvalue weighted by molar-refractivity contribution is -0.217. The molecule has 2 heterocycles. The molecule has 0 aromatic carbocycles. The lowest BCUT2D eigenvalue weighted by Gasteiger charge is -2.59. The maximum Gasteiger partial charge on any atom is 0.158 e. The molecule has 0 radical (unpaired) electrons. The van der Waals surface area contributed by atoms with E-state index in [1.54, 1.807) is 0 Å². The summed E-state index contributed by atoms with van der Waals surface area (Å²) in [7, 11) is 0. The lowest BCUT2D eigenvalue weighted by Crippen LogP contribution is -2.54. The van der Waals surface area contributed by atoms with Gasteiger partial charge in [0.15, 0.2) is 12.6 Å². The molecular weight excluding hydrogens is 428 g/mol. The molecular formula is C29H46O5. The van der Waals surface area contributed by atoms with Crippen LogP contribution in [-0.4, -0.2) is 49.7 Å². The van der Waals surface area contributed by atoms with Crippen LogP contribution in [0.3, 0.4) is 0 Å². The average Bonchev–Trinajstić information content (AvgIpc) is 3.21. The van der Waals surface area contributed by atoms with E-state index in [-0.39, 0.29) is 29.5 Å². The van der Waals surface area contributed by atoms with Crippen molar-refractivity contribution in [1.29, 1.82) is 0 Å². The number of ether oxygens (including phenoxy) is 4. The zero-order valence-electron chi connectivity index (χ0n) is 21.2. The molecule has 0 bridgehead atoms. The van der Waals surface area contributed by atoms with E-state index in [4.69, 9.17) is 18.9 Å². The van der Waals surface area contributed by atoms with Gasteiger partial charge in [-0.05, 0) is 113 Å². The van der Waals surface area contributed by atoms with Crippen molar-refractivity contribution in [3.05, 3.63) is 11.6 Å². The number of fused-ring (bicyclic) bond motifs is 5. The monoisotopic (exact) mass is 474 g/mol. The zero-order valence-corrected chi connectivity index (χ0v) is 21.2. The van der Waals surface area contributed by atoms with Crippen molar-refractivity contribution in [2.45, 2.75) is 122 Å². The van der Waals surface area contributed by atoms with Crippen LogP contribution < -0.4 is 0 Å². The molecule has 5 fully saturated rings. The van der Waals surface area contributed by atoms with Crippen LogP contribution in [-0.2, 0) is 18.9 Å². The van der Waals surface area contributed by atoms with E-state index in [0.29, 0.717) is 24.5 Å². The van der Waals surface area contributed by atoms with E-state index >= 15 is 0 Å². The second-order valence-corrected chi connectivity index (χ2v) is 12.5. The second kappa shape index (κ2) is 9.78. The third kappa shape index (κ3) is 4.12. The highest BCUT2D eigenvalue weighted by molar-refractivity contribution is 5.27. The topological polar surface area (TPSA) is 57.2 Å². The molecule has 5 nitrogen and oxygen atoms in total. The van der Waals surface area contributed by atoms with Gasteiger partial charge in [-0.25, -0.2) is 0 Å². The maximum absolute atomic E-state index is 10.8. The van der Waals surface area contributed by atoms with Crippen LogP contribution >= 0.6 is 0 Å². The molecule has 0 aromatic heterocycles. The molecule has 34 heavy (non-hydrogen) atoms. The van der Waals surface area contributed by atoms with Crippen LogP contribution in [0.25, 0.3) is 0 Å². The van der Waals surface area contributed by atoms with Gasteiger partial charge in [-0.15, -0.1) is 0 Å². The van der Waals surface area contributed by atoms with E-state index in [1.165, 1.54) is 56.9 Å². The van der Waals surface area contributed by atoms with E-state index in [1.807, 2.05) is 0 Å². The summed E-state index contributed by atoms with van der Waals surface area (Å²) in [6, 6.07) is 0. The van der Waals surface area contributed by atoms with Crippen molar-refractivity contribution >= 4 is 0 Å². The van der Waals surface area contributed by atoms with Crippen LogP contribution in [0.5, 0.6) is 0 Å².